The van der Waals surface area contributed by atoms with Crippen molar-refractivity contribution in [2.45, 2.75) is 25.8 Å². The van der Waals surface area contributed by atoms with Crippen LogP contribution in [0.3, 0.4) is 0 Å². The Balaban J connectivity index is 1.47. The predicted molar refractivity (Wildman–Crippen MR) is 97.5 cm³/mol. The highest BCUT2D eigenvalue weighted by Gasteiger charge is 2.22. The molecule has 2 aromatic rings. The molecule has 2 nitrogen and oxygen atoms in total. The van der Waals surface area contributed by atoms with E-state index in [-0.39, 0.29) is 5.78 Å². The van der Waals surface area contributed by atoms with Gasteiger partial charge in [-0.1, -0.05) is 58.4 Å². The smallest absolute Gasteiger partial charge is 0.163 e. The second-order valence-corrected chi connectivity index (χ2v) is 7.25. The minimum Gasteiger partial charge on any atom is -0.299 e. The first-order valence-corrected chi connectivity index (χ1v) is 9.05. The van der Waals surface area contributed by atoms with Crippen molar-refractivity contribution in [2.75, 3.05) is 13.1 Å². The quantitative estimate of drug-likeness (QED) is 0.694. The number of likely N-dealkylation sites (tertiary alicyclic amines) is 1. The lowest BCUT2D eigenvalue weighted by atomic mass is 9.89. The van der Waals surface area contributed by atoms with Gasteiger partial charge in [0.1, 0.15) is 0 Å². The van der Waals surface area contributed by atoms with Crippen molar-refractivity contribution in [1.29, 1.82) is 0 Å². The molecule has 1 aliphatic heterocycles. The largest absolute Gasteiger partial charge is 0.299 e. The third-order valence-corrected chi connectivity index (χ3v) is 5.13. The number of halogens is 1. The van der Waals surface area contributed by atoms with Gasteiger partial charge < -0.3 is 0 Å². The summed E-state index contributed by atoms with van der Waals surface area (Å²) in [6.45, 7) is 3.20. The van der Waals surface area contributed by atoms with Crippen LogP contribution in [0.15, 0.2) is 59.1 Å². The minimum atomic E-state index is 0.277. The lowest BCUT2D eigenvalue weighted by molar-refractivity contribution is 0.0925. The van der Waals surface area contributed by atoms with Gasteiger partial charge in [0.05, 0.1) is 0 Å². The van der Waals surface area contributed by atoms with E-state index >= 15 is 0 Å². The molecular weight excluding hydrogens is 350 g/mol. The third kappa shape index (κ3) is 4.76. The van der Waals surface area contributed by atoms with Crippen molar-refractivity contribution in [3.8, 4) is 0 Å². The van der Waals surface area contributed by atoms with Crippen LogP contribution in [0.25, 0.3) is 0 Å². The number of piperidine rings is 1. The first-order valence-electron chi connectivity index (χ1n) is 8.26. The van der Waals surface area contributed by atoms with Crippen LogP contribution in [0.1, 0.15) is 35.2 Å². The van der Waals surface area contributed by atoms with Crippen LogP contribution in [-0.2, 0) is 6.54 Å². The molecule has 1 fully saturated rings. The summed E-state index contributed by atoms with van der Waals surface area (Å²) in [4.78, 5) is 14.9. The molecule has 0 aliphatic carbocycles. The molecule has 1 aliphatic rings. The Hall–Kier alpha value is -1.45. The maximum atomic E-state index is 12.4. The van der Waals surface area contributed by atoms with E-state index < -0.39 is 0 Å². The summed E-state index contributed by atoms with van der Waals surface area (Å²) in [5, 5.41) is 0. The Morgan fingerprint density at radius 2 is 1.65 bits per heavy atom. The van der Waals surface area contributed by atoms with Crippen LogP contribution >= 0.6 is 15.9 Å². The Morgan fingerprint density at radius 1 is 1.00 bits per heavy atom. The molecule has 0 saturated carbocycles. The molecule has 1 saturated heterocycles. The van der Waals surface area contributed by atoms with E-state index in [0.29, 0.717) is 12.3 Å². The molecule has 0 amide bonds. The van der Waals surface area contributed by atoms with Gasteiger partial charge >= 0.3 is 0 Å². The fourth-order valence-corrected chi connectivity index (χ4v) is 3.47. The van der Waals surface area contributed by atoms with Crippen molar-refractivity contribution in [3.05, 3.63) is 70.2 Å². The molecule has 120 valence electrons. The Bertz CT molecular complexity index is 630. The first kappa shape index (κ1) is 16.4. The fraction of sp³-hybridized carbons (Fsp3) is 0.350. The zero-order valence-electron chi connectivity index (χ0n) is 13.2. The SMILES string of the molecule is O=C(CC1CCN(Cc2ccccc2)CC1)c1ccc(Br)cc1. The summed E-state index contributed by atoms with van der Waals surface area (Å²) in [6, 6.07) is 18.3. The van der Waals surface area contributed by atoms with Gasteiger partial charge in [0.25, 0.3) is 0 Å². The van der Waals surface area contributed by atoms with Crippen LogP contribution in [0.2, 0.25) is 0 Å². The molecule has 0 unspecified atom stereocenters. The van der Waals surface area contributed by atoms with E-state index in [2.05, 4.69) is 51.2 Å². The minimum absolute atomic E-state index is 0.277. The van der Waals surface area contributed by atoms with Gasteiger partial charge in [-0.05, 0) is 49.5 Å². The molecular formula is C20H22BrNO. The zero-order chi connectivity index (χ0) is 16.1. The fourth-order valence-electron chi connectivity index (χ4n) is 3.21. The number of ketones is 1. The predicted octanol–water partition coefficient (Wildman–Crippen LogP) is 4.93. The molecule has 3 rings (SSSR count). The summed E-state index contributed by atoms with van der Waals surface area (Å²) < 4.78 is 1.02. The van der Waals surface area contributed by atoms with E-state index in [1.54, 1.807) is 0 Å². The monoisotopic (exact) mass is 371 g/mol. The van der Waals surface area contributed by atoms with Gasteiger partial charge in [-0.3, -0.25) is 9.69 Å². The van der Waals surface area contributed by atoms with Crippen molar-refractivity contribution >= 4 is 21.7 Å². The number of carbonyl (C=O) groups excluding carboxylic acids is 1. The molecule has 23 heavy (non-hydrogen) atoms. The number of rotatable bonds is 5. The Morgan fingerprint density at radius 3 is 2.30 bits per heavy atom. The molecule has 0 aromatic heterocycles. The standard InChI is InChI=1S/C20H22BrNO/c21-19-8-6-18(7-9-19)20(23)14-16-10-12-22(13-11-16)15-17-4-2-1-3-5-17/h1-9,16H,10-15H2. The summed E-state index contributed by atoms with van der Waals surface area (Å²) in [6.07, 6.45) is 2.92. The normalized spacial score (nSPS) is 16.4. The van der Waals surface area contributed by atoms with Gasteiger partial charge in [-0.25, -0.2) is 0 Å². The number of hydrogen-bond acceptors (Lipinski definition) is 2. The van der Waals surface area contributed by atoms with Crippen LogP contribution in [-0.4, -0.2) is 23.8 Å². The van der Waals surface area contributed by atoms with E-state index in [1.807, 2.05) is 24.3 Å². The molecule has 0 N–H and O–H groups in total. The second kappa shape index (κ2) is 7.89. The van der Waals surface area contributed by atoms with Crippen LogP contribution in [0, 0.1) is 5.92 Å². The van der Waals surface area contributed by atoms with Gasteiger partial charge in [0.15, 0.2) is 5.78 Å². The summed E-state index contributed by atoms with van der Waals surface area (Å²) in [7, 11) is 0. The Kier molecular flexibility index (Phi) is 5.63. The van der Waals surface area contributed by atoms with Gasteiger partial charge in [-0.15, -0.1) is 0 Å². The van der Waals surface area contributed by atoms with E-state index in [1.165, 1.54) is 5.56 Å². The lowest BCUT2D eigenvalue weighted by Gasteiger charge is -2.31. The Labute approximate surface area is 146 Å². The van der Waals surface area contributed by atoms with Crippen molar-refractivity contribution in [3.63, 3.8) is 0 Å². The number of carbonyl (C=O) groups is 1. The highest BCUT2D eigenvalue weighted by molar-refractivity contribution is 9.10. The van der Waals surface area contributed by atoms with Crippen LogP contribution < -0.4 is 0 Å². The summed E-state index contributed by atoms with van der Waals surface area (Å²) in [5.41, 5.74) is 2.21. The second-order valence-electron chi connectivity index (χ2n) is 6.34. The van der Waals surface area contributed by atoms with Crippen molar-refractivity contribution in [1.82, 2.24) is 4.90 Å². The van der Waals surface area contributed by atoms with Gasteiger partial charge in [0.2, 0.25) is 0 Å². The number of nitrogens with zero attached hydrogens (tertiary/aromatic N) is 1. The first-order chi connectivity index (χ1) is 11.2. The highest BCUT2D eigenvalue weighted by Crippen LogP contribution is 2.24. The number of hydrogen-bond donors (Lipinski definition) is 0. The third-order valence-electron chi connectivity index (χ3n) is 4.60. The lowest BCUT2D eigenvalue weighted by Crippen LogP contribution is -2.33. The topological polar surface area (TPSA) is 20.3 Å². The summed E-state index contributed by atoms with van der Waals surface area (Å²) in [5.74, 6) is 0.803. The maximum Gasteiger partial charge on any atom is 0.163 e. The van der Waals surface area contributed by atoms with Gasteiger partial charge in [0, 0.05) is 23.0 Å². The highest BCUT2D eigenvalue weighted by atomic mass is 79.9. The number of Topliss-reactive ketones (excluding diaryl/α,β-unsaturated/α-hetero) is 1. The molecule has 3 heteroatoms. The molecule has 0 bridgehead atoms. The maximum absolute atomic E-state index is 12.4. The van der Waals surface area contributed by atoms with Crippen LogP contribution in [0.4, 0.5) is 0 Å². The molecule has 1 heterocycles. The van der Waals surface area contributed by atoms with E-state index in [9.17, 15) is 4.79 Å². The average Bonchev–Trinajstić information content (AvgIpc) is 2.58. The number of benzene rings is 2. The average molecular weight is 372 g/mol. The van der Waals surface area contributed by atoms with Crippen molar-refractivity contribution < 1.29 is 4.79 Å². The molecule has 0 atom stereocenters. The van der Waals surface area contributed by atoms with Gasteiger partial charge in [-0.2, -0.15) is 0 Å². The van der Waals surface area contributed by atoms with Crippen LogP contribution in [0.5, 0.6) is 0 Å². The van der Waals surface area contributed by atoms with E-state index in [4.69, 9.17) is 0 Å². The molecule has 0 radical (unpaired) electrons. The van der Waals surface area contributed by atoms with E-state index in [0.717, 1.165) is 42.5 Å². The van der Waals surface area contributed by atoms with Crippen molar-refractivity contribution in [2.24, 2.45) is 5.92 Å². The molecule has 2 aromatic carbocycles. The zero-order valence-corrected chi connectivity index (χ0v) is 14.8. The summed E-state index contributed by atoms with van der Waals surface area (Å²) >= 11 is 3.41. The molecule has 0 spiro atoms.